The lowest BCUT2D eigenvalue weighted by Crippen LogP contribution is -2.21. The summed E-state index contributed by atoms with van der Waals surface area (Å²) in [6, 6.07) is 25.4. The van der Waals surface area contributed by atoms with Crippen LogP contribution in [0.3, 0.4) is 0 Å². The number of carbonyl (C=O) groups excluding carboxylic acids is 1. The van der Waals surface area contributed by atoms with Crippen molar-refractivity contribution in [3.63, 3.8) is 0 Å². The minimum absolute atomic E-state index is 0.118. The van der Waals surface area contributed by atoms with Gasteiger partial charge in [-0.05, 0) is 54.3 Å². The molecule has 0 saturated heterocycles. The average Bonchev–Trinajstić information content (AvgIpc) is 2.79. The number of ether oxygens (including phenoxy) is 2. The van der Waals surface area contributed by atoms with Gasteiger partial charge < -0.3 is 20.1 Å². The molecule has 0 bridgehead atoms. The zero-order valence-corrected chi connectivity index (χ0v) is 18.8. The van der Waals surface area contributed by atoms with Crippen molar-refractivity contribution in [3.05, 3.63) is 84.4 Å². The van der Waals surface area contributed by atoms with Crippen molar-refractivity contribution in [3.8, 4) is 11.5 Å². The Kier molecular flexibility index (Phi) is 8.99. The highest BCUT2D eigenvalue weighted by Crippen LogP contribution is 2.19. The van der Waals surface area contributed by atoms with Gasteiger partial charge in [0.05, 0.1) is 19.8 Å². The van der Waals surface area contributed by atoms with Gasteiger partial charge in [-0.1, -0.05) is 50.2 Å². The summed E-state index contributed by atoms with van der Waals surface area (Å²) in [5.74, 6) is 2.05. The van der Waals surface area contributed by atoms with Crippen LogP contribution in [-0.2, 0) is 11.2 Å². The van der Waals surface area contributed by atoms with Gasteiger partial charge in [0.15, 0.2) is 0 Å². The van der Waals surface area contributed by atoms with Crippen LogP contribution in [0.2, 0.25) is 0 Å². The number of carbonyl (C=O) groups is 1. The Morgan fingerprint density at radius 1 is 0.812 bits per heavy atom. The monoisotopic (exact) mass is 432 g/mol. The fourth-order valence-corrected chi connectivity index (χ4v) is 3.06. The third-order valence-electron chi connectivity index (χ3n) is 4.89. The Hall–Kier alpha value is -3.47. The summed E-state index contributed by atoms with van der Waals surface area (Å²) in [6.07, 6.45) is 1.86. The predicted octanol–water partition coefficient (Wildman–Crippen LogP) is 5.78. The van der Waals surface area contributed by atoms with E-state index < -0.39 is 0 Å². The van der Waals surface area contributed by atoms with E-state index in [4.69, 9.17) is 9.47 Å². The Morgan fingerprint density at radius 3 is 2.31 bits per heavy atom. The van der Waals surface area contributed by atoms with Crippen LogP contribution in [0.5, 0.6) is 11.5 Å². The van der Waals surface area contributed by atoms with Crippen LogP contribution in [-0.4, -0.2) is 25.7 Å². The molecule has 3 rings (SSSR count). The van der Waals surface area contributed by atoms with Crippen molar-refractivity contribution in [1.82, 2.24) is 0 Å². The quantitative estimate of drug-likeness (QED) is 0.381. The molecule has 2 N–H and O–H groups in total. The van der Waals surface area contributed by atoms with Crippen molar-refractivity contribution < 1.29 is 14.3 Å². The number of hydrogen-bond acceptors (Lipinski definition) is 4. The number of nitrogens with one attached hydrogen (secondary N) is 2. The highest BCUT2D eigenvalue weighted by molar-refractivity contribution is 5.93. The lowest BCUT2D eigenvalue weighted by Gasteiger charge is -2.11. The van der Waals surface area contributed by atoms with Crippen molar-refractivity contribution in [2.24, 2.45) is 5.92 Å². The summed E-state index contributed by atoms with van der Waals surface area (Å²) in [4.78, 5) is 12.3. The molecule has 0 atom stereocenters. The third-order valence-corrected chi connectivity index (χ3v) is 4.89. The van der Waals surface area contributed by atoms with E-state index in [1.807, 2.05) is 66.7 Å². The molecular weight excluding hydrogens is 400 g/mol. The van der Waals surface area contributed by atoms with Crippen LogP contribution in [0.25, 0.3) is 0 Å². The lowest BCUT2D eigenvalue weighted by atomic mass is 10.1. The molecule has 3 aromatic carbocycles. The molecule has 0 aromatic heterocycles. The van der Waals surface area contributed by atoms with E-state index in [0.717, 1.165) is 35.7 Å². The molecule has 0 unspecified atom stereocenters. The number of anilines is 2. The van der Waals surface area contributed by atoms with E-state index in [1.165, 1.54) is 5.56 Å². The van der Waals surface area contributed by atoms with Gasteiger partial charge in [-0.15, -0.1) is 0 Å². The van der Waals surface area contributed by atoms with Gasteiger partial charge in [0.2, 0.25) is 5.91 Å². The van der Waals surface area contributed by atoms with E-state index in [1.54, 1.807) is 0 Å². The van der Waals surface area contributed by atoms with E-state index in [0.29, 0.717) is 19.1 Å². The second-order valence-electron chi connectivity index (χ2n) is 8.07. The van der Waals surface area contributed by atoms with Gasteiger partial charge >= 0.3 is 0 Å². The maximum atomic E-state index is 12.3. The van der Waals surface area contributed by atoms with Gasteiger partial charge in [-0.2, -0.15) is 0 Å². The lowest BCUT2D eigenvalue weighted by molar-refractivity contribution is -0.114. The molecule has 1 amide bonds. The van der Waals surface area contributed by atoms with Crippen LogP contribution < -0.4 is 20.1 Å². The average molecular weight is 433 g/mol. The van der Waals surface area contributed by atoms with Crippen molar-refractivity contribution in [2.45, 2.75) is 26.7 Å². The van der Waals surface area contributed by atoms with Gasteiger partial charge in [0.1, 0.15) is 11.5 Å². The first-order chi connectivity index (χ1) is 15.6. The Bertz CT molecular complexity index is 956. The van der Waals surface area contributed by atoms with E-state index in [2.05, 4.69) is 36.6 Å². The summed E-state index contributed by atoms with van der Waals surface area (Å²) < 4.78 is 11.6. The SMILES string of the molecule is CC(C)CCOc1cccc(NC(=O)CNc2ccc(OCCc3ccccc3)cc2)c1. The fraction of sp³-hybridized carbons (Fsp3) is 0.296. The number of benzene rings is 3. The largest absolute Gasteiger partial charge is 0.494 e. The van der Waals surface area contributed by atoms with Crippen LogP contribution >= 0.6 is 0 Å². The molecule has 0 fully saturated rings. The Labute approximate surface area is 190 Å². The van der Waals surface area contributed by atoms with Gasteiger partial charge in [-0.3, -0.25) is 4.79 Å². The molecule has 32 heavy (non-hydrogen) atoms. The fourth-order valence-electron chi connectivity index (χ4n) is 3.06. The van der Waals surface area contributed by atoms with Crippen LogP contribution in [0.15, 0.2) is 78.9 Å². The molecule has 0 aliphatic heterocycles. The van der Waals surface area contributed by atoms with Gasteiger partial charge in [0, 0.05) is 23.9 Å². The molecule has 5 heteroatoms. The van der Waals surface area contributed by atoms with Crippen molar-refractivity contribution in [1.29, 1.82) is 0 Å². The van der Waals surface area contributed by atoms with Crippen molar-refractivity contribution >= 4 is 17.3 Å². The zero-order valence-electron chi connectivity index (χ0n) is 18.8. The predicted molar refractivity (Wildman–Crippen MR) is 131 cm³/mol. The third kappa shape index (κ3) is 8.34. The molecule has 5 nitrogen and oxygen atoms in total. The molecule has 3 aromatic rings. The molecule has 168 valence electrons. The molecule has 0 heterocycles. The van der Waals surface area contributed by atoms with Crippen LogP contribution in [0.1, 0.15) is 25.8 Å². The topological polar surface area (TPSA) is 59.6 Å². The molecule has 0 aliphatic carbocycles. The standard InChI is InChI=1S/C27H32N2O3/c1-21(2)15-17-32-26-10-6-9-24(19-26)29-27(30)20-28-23-11-13-25(14-12-23)31-18-16-22-7-4-3-5-8-22/h3-14,19,21,28H,15-18,20H2,1-2H3,(H,29,30). The van der Waals surface area contributed by atoms with E-state index in [9.17, 15) is 4.79 Å². The van der Waals surface area contributed by atoms with Gasteiger partial charge in [-0.25, -0.2) is 0 Å². The van der Waals surface area contributed by atoms with Crippen molar-refractivity contribution in [2.75, 3.05) is 30.4 Å². The van der Waals surface area contributed by atoms with Crippen LogP contribution in [0, 0.1) is 5.92 Å². The maximum Gasteiger partial charge on any atom is 0.243 e. The first kappa shape index (κ1) is 23.2. The molecule has 0 saturated carbocycles. The summed E-state index contributed by atoms with van der Waals surface area (Å²) in [7, 11) is 0. The second-order valence-corrected chi connectivity index (χ2v) is 8.07. The maximum absolute atomic E-state index is 12.3. The smallest absolute Gasteiger partial charge is 0.243 e. The minimum Gasteiger partial charge on any atom is -0.494 e. The molecule has 0 radical (unpaired) electrons. The summed E-state index contributed by atoms with van der Waals surface area (Å²) >= 11 is 0. The number of hydrogen-bond donors (Lipinski definition) is 2. The first-order valence-corrected chi connectivity index (χ1v) is 11.1. The number of amides is 1. The summed E-state index contributed by atoms with van der Waals surface area (Å²) in [5.41, 5.74) is 2.84. The minimum atomic E-state index is -0.118. The summed E-state index contributed by atoms with van der Waals surface area (Å²) in [6.45, 7) is 5.80. The van der Waals surface area contributed by atoms with E-state index >= 15 is 0 Å². The normalized spacial score (nSPS) is 10.6. The second kappa shape index (κ2) is 12.4. The van der Waals surface area contributed by atoms with Crippen LogP contribution in [0.4, 0.5) is 11.4 Å². The first-order valence-electron chi connectivity index (χ1n) is 11.1. The summed E-state index contributed by atoms with van der Waals surface area (Å²) in [5, 5.41) is 6.04. The molecule has 0 spiro atoms. The number of rotatable bonds is 12. The highest BCUT2D eigenvalue weighted by atomic mass is 16.5. The zero-order chi connectivity index (χ0) is 22.6. The molecular formula is C27H32N2O3. The Morgan fingerprint density at radius 2 is 1.56 bits per heavy atom. The van der Waals surface area contributed by atoms with Gasteiger partial charge in [0.25, 0.3) is 0 Å². The Balaban J connectivity index is 1.39. The molecule has 0 aliphatic rings. The highest BCUT2D eigenvalue weighted by Gasteiger charge is 2.05. The van der Waals surface area contributed by atoms with E-state index in [-0.39, 0.29) is 12.5 Å².